The van der Waals surface area contributed by atoms with Crippen molar-refractivity contribution in [1.29, 1.82) is 0 Å². The molecule has 0 saturated heterocycles. The molecule has 3 aromatic rings. The van der Waals surface area contributed by atoms with E-state index in [2.05, 4.69) is 21.4 Å². The molecule has 0 bridgehead atoms. The number of hydrogen-bond acceptors (Lipinski definition) is 7. The van der Waals surface area contributed by atoms with Gasteiger partial charge in [-0.15, -0.1) is 0 Å². The summed E-state index contributed by atoms with van der Waals surface area (Å²) in [4.78, 5) is 8.64. The summed E-state index contributed by atoms with van der Waals surface area (Å²) in [5, 5.41) is 18.3. The van der Waals surface area contributed by atoms with E-state index in [-0.39, 0.29) is 0 Å². The predicted molar refractivity (Wildman–Crippen MR) is 121 cm³/mol. The molecule has 3 aromatic heterocycles. The largest absolute Gasteiger partial charge is 0.453 e. The van der Waals surface area contributed by atoms with Crippen LogP contribution in [0.25, 0.3) is 5.57 Å². The van der Waals surface area contributed by atoms with Crippen LogP contribution in [0.5, 0.6) is 11.5 Å². The van der Waals surface area contributed by atoms with Crippen LogP contribution in [0.4, 0.5) is 11.5 Å². The number of ether oxygens (including phenoxy) is 2. The van der Waals surface area contributed by atoms with Crippen molar-refractivity contribution in [2.24, 2.45) is 0 Å². The van der Waals surface area contributed by atoms with E-state index < -0.39 is 5.60 Å². The molecule has 0 unspecified atom stereocenters. The molecule has 0 amide bonds. The number of anilines is 2. The van der Waals surface area contributed by atoms with Crippen LogP contribution in [-0.2, 0) is 10.3 Å². The lowest BCUT2D eigenvalue weighted by atomic mass is 10.0. The Bertz CT molecular complexity index is 1140. The van der Waals surface area contributed by atoms with Gasteiger partial charge in [-0.2, -0.15) is 5.10 Å². The van der Waals surface area contributed by atoms with Crippen LogP contribution in [0.15, 0.2) is 48.9 Å². The molecular weight excluding hydrogens is 406 g/mol. The molecule has 1 fully saturated rings. The smallest absolute Gasteiger partial charge is 0.172 e. The minimum absolute atomic E-state index is 0.470. The van der Waals surface area contributed by atoms with Gasteiger partial charge in [-0.05, 0) is 56.9 Å². The first kappa shape index (κ1) is 20.7. The summed E-state index contributed by atoms with van der Waals surface area (Å²) in [5.41, 5.74) is 2.39. The summed E-state index contributed by atoms with van der Waals surface area (Å²) in [5.74, 6) is 2.05. The number of nitrogens with one attached hydrogen (secondary N) is 1. The Kier molecular flexibility index (Phi) is 5.40. The Morgan fingerprint density at radius 2 is 2.03 bits per heavy atom. The standard InChI is InChI=1S/C24H27N5O3/c1-24(2,30)21-13-17(5-9-25-21)27-22-14-19(6-10-26-22)32-20-15-29(18-3-4-18)28-23(20)16-7-11-31-12-8-16/h5-7,9-10,13-15,18,30H,3-4,8,11-12H2,1-2H3,(H,25,26,27). The minimum Gasteiger partial charge on any atom is -0.453 e. The first-order chi connectivity index (χ1) is 15.5. The van der Waals surface area contributed by atoms with E-state index in [1.165, 1.54) is 0 Å². The zero-order valence-corrected chi connectivity index (χ0v) is 18.3. The molecule has 0 spiro atoms. The van der Waals surface area contributed by atoms with Crippen molar-refractivity contribution >= 4 is 17.1 Å². The summed E-state index contributed by atoms with van der Waals surface area (Å²) >= 11 is 0. The van der Waals surface area contributed by atoms with Gasteiger partial charge in [-0.3, -0.25) is 9.67 Å². The molecule has 0 atom stereocenters. The van der Waals surface area contributed by atoms with Crippen LogP contribution < -0.4 is 10.1 Å². The van der Waals surface area contributed by atoms with Gasteiger partial charge in [0.1, 0.15) is 22.9 Å². The number of aliphatic hydroxyl groups is 1. The van der Waals surface area contributed by atoms with E-state index in [4.69, 9.17) is 14.6 Å². The van der Waals surface area contributed by atoms with E-state index in [0.717, 1.165) is 42.0 Å². The van der Waals surface area contributed by atoms with Gasteiger partial charge >= 0.3 is 0 Å². The first-order valence-corrected chi connectivity index (χ1v) is 10.9. The quantitative estimate of drug-likeness (QED) is 0.563. The highest BCUT2D eigenvalue weighted by Crippen LogP contribution is 2.39. The molecule has 2 aliphatic rings. The highest BCUT2D eigenvalue weighted by Gasteiger charge is 2.27. The Labute approximate surface area is 186 Å². The molecule has 4 heterocycles. The minimum atomic E-state index is -1.02. The molecule has 8 nitrogen and oxygen atoms in total. The molecule has 2 N–H and O–H groups in total. The van der Waals surface area contributed by atoms with E-state index in [1.807, 2.05) is 35.1 Å². The normalized spacial score (nSPS) is 16.5. The first-order valence-electron chi connectivity index (χ1n) is 10.9. The van der Waals surface area contributed by atoms with Gasteiger partial charge in [-0.25, -0.2) is 4.98 Å². The van der Waals surface area contributed by atoms with Crippen molar-refractivity contribution in [2.75, 3.05) is 18.5 Å². The van der Waals surface area contributed by atoms with E-state index >= 15 is 0 Å². The summed E-state index contributed by atoms with van der Waals surface area (Å²) in [6.07, 6.45) is 10.6. The molecule has 166 valence electrons. The monoisotopic (exact) mass is 433 g/mol. The lowest BCUT2D eigenvalue weighted by Crippen LogP contribution is -2.17. The second-order valence-electron chi connectivity index (χ2n) is 8.70. The summed E-state index contributed by atoms with van der Waals surface area (Å²) in [6.45, 7) is 4.72. The summed E-state index contributed by atoms with van der Waals surface area (Å²) in [6, 6.07) is 7.79. The van der Waals surface area contributed by atoms with Gasteiger partial charge in [0.05, 0.1) is 31.1 Å². The SMILES string of the molecule is CC(C)(O)c1cc(Nc2cc(Oc3cn(C4CC4)nc3C3=CCOCC3)ccn2)ccn1. The molecule has 5 rings (SSSR count). The van der Waals surface area contributed by atoms with Gasteiger partial charge in [0.15, 0.2) is 5.75 Å². The van der Waals surface area contributed by atoms with Gasteiger partial charge in [-0.1, -0.05) is 6.08 Å². The van der Waals surface area contributed by atoms with E-state index in [9.17, 15) is 5.11 Å². The topological polar surface area (TPSA) is 94.3 Å². The highest BCUT2D eigenvalue weighted by atomic mass is 16.5. The average molecular weight is 434 g/mol. The Morgan fingerprint density at radius 1 is 1.19 bits per heavy atom. The van der Waals surface area contributed by atoms with Crippen molar-refractivity contribution in [3.63, 3.8) is 0 Å². The van der Waals surface area contributed by atoms with Crippen molar-refractivity contribution in [3.05, 3.63) is 60.3 Å². The zero-order valence-electron chi connectivity index (χ0n) is 18.3. The number of pyridine rings is 2. The Hall–Kier alpha value is -3.23. The predicted octanol–water partition coefficient (Wildman–Crippen LogP) is 4.58. The van der Waals surface area contributed by atoms with E-state index in [1.54, 1.807) is 26.2 Å². The van der Waals surface area contributed by atoms with Crippen molar-refractivity contribution in [1.82, 2.24) is 19.7 Å². The van der Waals surface area contributed by atoms with Crippen LogP contribution in [0.2, 0.25) is 0 Å². The van der Waals surface area contributed by atoms with Gasteiger partial charge < -0.3 is 19.9 Å². The van der Waals surface area contributed by atoms with E-state index in [0.29, 0.717) is 36.5 Å². The Balaban J connectivity index is 1.38. The van der Waals surface area contributed by atoms with Crippen molar-refractivity contribution < 1.29 is 14.6 Å². The van der Waals surface area contributed by atoms with Crippen molar-refractivity contribution in [2.45, 2.75) is 44.8 Å². The summed E-state index contributed by atoms with van der Waals surface area (Å²) in [7, 11) is 0. The van der Waals surface area contributed by atoms with Crippen LogP contribution in [0.1, 0.15) is 50.5 Å². The Morgan fingerprint density at radius 3 is 2.78 bits per heavy atom. The highest BCUT2D eigenvalue weighted by molar-refractivity contribution is 5.68. The molecule has 1 aliphatic carbocycles. The second kappa shape index (κ2) is 8.37. The van der Waals surface area contributed by atoms with Gasteiger partial charge in [0.2, 0.25) is 0 Å². The fraction of sp³-hybridized carbons (Fsp3) is 0.375. The molecule has 1 aliphatic heterocycles. The molecule has 8 heteroatoms. The van der Waals surface area contributed by atoms with Crippen LogP contribution >= 0.6 is 0 Å². The van der Waals surface area contributed by atoms with Gasteiger partial charge in [0.25, 0.3) is 0 Å². The zero-order chi connectivity index (χ0) is 22.1. The molecule has 32 heavy (non-hydrogen) atoms. The fourth-order valence-electron chi connectivity index (χ4n) is 3.60. The number of rotatable bonds is 7. The second-order valence-corrected chi connectivity index (χ2v) is 8.70. The molecule has 1 saturated carbocycles. The maximum absolute atomic E-state index is 10.2. The van der Waals surface area contributed by atoms with Crippen LogP contribution in [0, 0.1) is 0 Å². The lowest BCUT2D eigenvalue weighted by Gasteiger charge is -2.17. The lowest BCUT2D eigenvalue weighted by molar-refractivity contribution is 0.0739. The third kappa shape index (κ3) is 4.66. The summed E-state index contributed by atoms with van der Waals surface area (Å²) < 4.78 is 13.8. The maximum Gasteiger partial charge on any atom is 0.172 e. The third-order valence-corrected chi connectivity index (χ3v) is 5.51. The molecule has 0 aromatic carbocycles. The average Bonchev–Trinajstić information content (AvgIpc) is 3.55. The van der Waals surface area contributed by atoms with Crippen LogP contribution in [-0.4, -0.2) is 38.1 Å². The van der Waals surface area contributed by atoms with Gasteiger partial charge in [0, 0.05) is 24.1 Å². The van der Waals surface area contributed by atoms with Crippen molar-refractivity contribution in [3.8, 4) is 11.5 Å². The molecular formula is C24H27N5O3. The molecule has 0 radical (unpaired) electrons. The van der Waals surface area contributed by atoms with Crippen LogP contribution in [0.3, 0.4) is 0 Å². The number of aromatic nitrogens is 4. The third-order valence-electron chi connectivity index (χ3n) is 5.51. The fourth-order valence-corrected chi connectivity index (χ4v) is 3.60. The number of nitrogens with zero attached hydrogens (tertiary/aromatic N) is 4. The number of hydrogen-bond donors (Lipinski definition) is 2. The maximum atomic E-state index is 10.2.